The van der Waals surface area contributed by atoms with Crippen LogP contribution in [0.25, 0.3) is 0 Å². The summed E-state index contributed by atoms with van der Waals surface area (Å²) in [5, 5.41) is -1.16. The Bertz CT molecular complexity index is 432. The summed E-state index contributed by atoms with van der Waals surface area (Å²) >= 11 is 0. The van der Waals surface area contributed by atoms with Gasteiger partial charge in [-0.3, -0.25) is 4.79 Å². The molecule has 2 rings (SSSR count). The molecule has 0 aliphatic carbocycles. The molecule has 0 radical (unpaired) electrons. The number of carbonyl (C=O) groups excluding carboxylic acids is 1. The Morgan fingerprint density at radius 3 is 2.42 bits per heavy atom. The number of piperidine rings is 1. The summed E-state index contributed by atoms with van der Waals surface area (Å²) < 4.78 is 34.7. The van der Waals surface area contributed by atoms with Gasteiger partial charge in [0.25, 0.3) is 0 Å². The van der Waals surface area contributed by atoms with Gasteiger partial charge in [-0.2, -0.15) is 8.42 Å². The highest BCUT2D eigenvalue weighted by atomic mass is 32.3. The third-order valence-electron chi connectivity index (χ3n) is 4.06. The van der Waals surface area contributed by atoms with Gasteiger partial charge in [0.2, 0.25) is 5.91 Å². The summed E-state index contributed by atoms with van der Waals surface area (Å²) in [6, 6.07) is 0.0763. The lowest BCUT2D eigenvalue weighted by Gasteiger charge is -2.36. The van der Waals surface area contributed by atoms with Crippen molar-refractivity contribution in [3.8, 4) is 0 Å². The van der Waals surface area contributed by atoms with Crippen molar-refractivity contribution in [2.75, 3.05) is 26.2 Å². The predicted molar refractivity (Wildman–Crippen MR) is 69.9 cm³/mol. The van der Waals surface area contributed by atoms with Gasteiger partial charge in [-0.15, -0.1) is 3.89 Å². The van der Waals surface area contributed by atoms with E-state index in [0.717, 1.165) is 38.9 Å². The zero-order chi connectivity index (χ0) is 14.0. The molecule has 2 aliphatic rings. The molecule has 2 saturated heterocycles. The molecule has 0 bridgehead atoms. The Morgan fingerprint density at radius 1 is 1.32 bits per heavy atom. The van der Waals surface area contributed by atoms with Crippen molar-refractivity contribution in [3.63, 3.8) is 0 Å². The zero-order valence-corrected chi connectivity index (χ0v) is 12.0. The van der Waals surface area contributed by atoms with E-state index in [1.165, 1.54) is 0 Å². The van der Waals surface area contributed by atoms with Crippen LogP contribution in [0, 0.1) is 0 Å². The summed E-state index contributed by atoms with van der Waals surface area (Å²) in [5.74, 6) is -0.222. The van der Waals surface area contributed by atoms with Crippen molar-refractivity contribution >= 4 is 16.1 Å². The Hall–Kier alpha value is -0.690. The maximum absolute atomic E-state index is 13.0. The smallest absolute Gasteiger partial charge is 0.307 e. The topological polar surface area (TPSA) is 57.7 Å². The van der Waals surface area contributed by atoms with Crippen LogP contribution < -0.4 is 0 Å². The van der Waals surface area contributed by atoms with E-state index in [1.807, 2.05) is 0 Å². The fourth-order valence-electron chi connectivity index (χ4n) is 3.01. The van der Waals surface area contributed by atoms with E-state index in [9.17, 15) is 17.1 Å². The minimum atomic E-state index is -4.60. The van der Waals surface area contributed by atoms with E-state index in [2.05, 4.69) is 11.8 Å². The normalized spacial score (nSPS) is 27.2. The Balaban J connectivity index is 1.92. The molecule has 1 unspecified atom stereocenters. The molecule has 0 aromatic rings. The first-order valence-electron chi connectivity index (χ1n) is 6.87. The maximum atomic E-state index is 13.0. The summed E-state index contributed by atoms with van der Waals surface area (Å²) in [5.41, 5.74) is 0. The van der Waals surface area contributed by atoms with E-state index < -0.39 is 15.5 Å². The second-order valence-electron chi connectivity index (χ2n) is 5.42. The molecule has 5 nitrogen and oxygen atoms in total. The first-order valence-corrected chi connectivity index (χ1v) is 8.31. The number of carbonyl (C=O) groups is 1. The van der Waals surface area contributed by atoms with Gasteiger partial charge in [0.05, 0.1) is 0 Å². The Morgan fingerprint density at radius 2 is 1.95 bits per heavy atom. The van der Waals surface area contributed by atoms with Gasteiger partial charge < -0.3 is 9.80 Å². The second-order valence-corrected chi connectivity index (χ2v) is 7.04. The number of nitrogens with zero attached hydrogens (tertiary/aromatic N) is 2. The molecule has 7 heteroatoms. The Labute approximate surface area is 114 Å². The van der Waals surface area contributed by atoms with Crippen LogP contribution in [0.3, 0.4) is 0 Å². The van der Waals surface area contributed by atoms with E-state index >= 15 is 0 Å². The minimum absolute atomic E-state index is 0.0239. The quantitative estimate of drug-likeness (QED) is 0.718. The molecule has 2 aliphatic heterocycles. The first-order chi connectivity index (χ1) is 8.91. The van der Waals surface area contributed by atoms with Crippen LogP contribution in [0.5, 0.6) is 0 Å². The maximum Gasteiger partial charge on any atom is 0.307 e. The molecule has 1 atom stereocenters. The number of likely N-dealkylation sites (tertiary alicyclic amines) is 2. The average molecular weight is 292 g/mol. The van der Waals surface area contributed by atoms with Crippen molar-refractivity contribution in [3.05, 3.63) is 0 Å². The molecule has 2 heterocycles. The third kappa shape index (κ3) is 3.45. The van der Waals surface area contributed by atoms with Gasteiger partial charge in [0.1, 0.15) is 5.25 Å². The SMILES string of the molecule is CCCN1CCC(N2CC(S(=O)(=O)F)CC2=O)CC1. The van der Waals surface area contributed by atoms with Crippen LogP contribution in [0.4, 0.5) is 3.89 Å². The van der Waals surface area contributed by atoms with Crippen molar-refractivity contribution in [1.82, 2.24) is 9.80 Å². The fraction of sp³-hybridized carbons (Fsp3) is 0.917. The summed E-state index contributed by atoms with van der Waals surface area (Å²) in [7, 11) is -4.60. The minimum Gasteiger partial charge on any atom is -0.338 e. The summed E-state index contributed by atoms with van der Waals surface area (Å²) in [6.45, 7) is 5.07. The van der Waals surface area contributed by atoms with Crippen LogP contribution in [0.1, 0.15) is 32.6 Å². The van der Waals surface area contributed by atoms with E-state index in [-0.39, 0.29) is 24.9 Å². The van der Waals surface area contributed by atoms with E-state index in [4.69, 9.17) is 0 Å². The molecule has 1 amide bonds. The standard InChI is InChI=1S/C12H21FN2O3S/c1-2-5-14-6-3-10(4-7-14)15-9-11(8-12(15)16)19(13,17)18/h10-11H,2-9H2,1H3. The first kappa shape index (κ1) is 14.7. The van der Waals surface area contributed by atoms with Crippen molar-refractivity contribution in [1.29, 1.82) is 0 Å². The second kappa shape index (κ2) is 5.75. The molecular weight excluding hydrogens is 271 g/mol. The van der Waals surface area contributed by atoms with Gasteiger partial charge >= 0.3 is 10.2 Å². The average Bonchev–Trinajstić information content (AvgIpc) is 2.73. The highest BCUT2D eigenvalue weighted by Gasteiger charge is 2.41. The Kier molecular flexibility index (Phi) is 4.45. The molecule has 110 valence electrons. The molecule has 19 heavy (non-hydrogen) atoms. The van der Waals surface area contributed by atoms with Crippen LogP contribution >= 0.6 is 0 Å². The molecule has 2 fully saturated rings. The van der Waals surface area contributed by atoms with E-state index in [0.29, 0.717) is 0 Å². The number of halogens is 1. The van der Waals surface area contributed by atoms with E-state index in [1.54, 1.807) is 4.90 Å². The lowest BCUT2D eigenvalue weighted by atomic mass is 10.0. The lowest BCUT2D eigenvalue weighted by molar-refractivity contribution is -0.130. The largest absolute Gasteiger partial charge is 0.338 e. The number of hydrogen-bond donors (Lipinski definition) is 0. The van der Waals surface area contributed by atoms with Gasteiger partial charge in [-0.1, -0.05) is 6.92 Å². The molecule has 0 aromatic heterocycles. The summed E-state index contributed by atoms with van der Waals surface area (Å²) in [4.78, 5) is 15.7. The zero-order valence-electron chi connectivity index (χ0n) is 11.2. The van der Waals surface area contributed by atoms with Crippen LogP contribution in [0.15, 0.2) is 0 Å². The van der Waals surface area contributed by atoms with Gasteiger partial charge in [0.15, 0.2) is 0 Å². The molecular formula is C12H21FN2O3S. The van der Waals surface area contributed by atoms with Gasteiger partial charge in [-0.05, 0) is 25.8 Å². The van der Waals surface area contributed by atoms with Crippen molar-refractivity contribution in [2.45, 2.75) is 43.9 Å². The monoisotopic (exact) mass is 292 g/mol. The number of hydrogen-bond acceptors (Lipinski definition) is 4. The highest BCUT2D eigenvalue weighted by Crippen LogP contribution is 2.26. The van der Waals surface area contributed by atoms with Crippen LogP contribution in [-0.4, -0.2) is 61.6 Å². The van der Waals surface area contributed by atoms with Crippen molar-refractivity contribution in [2.24, 2.45) is 0 Å². The molecule has 0 N–H and O–H groups in total. The lowest BCUT2D eigenvalue weighted by Crippen LogP contribution is -2.46. The van der Waals surface area contributed by atoms with Gasteiger partial charge in [0, 0.05) is 32.1 Å². The van der Waals surface area contributed by atoms with Crippen LogP contribution in [0.2, 0.25) is 0 Å². The molecule has 0 saturated carbocycles. The fourth-order valence-corrected chi connectivity index (χ4v) is 3.69. The number of rotatable bonds is 4. The van der Waals surface area contributed by atoms with Crippen molar-refractivity contribution < 1.29 is 17.1 Å². The predicted octanol–water partition coefficient (Wildman–Crippen LogP) is 0.761. The highest BCUT2D eigenvalue weighted by molar-refractivity contribution is 7.87. The summed E-state index contributed by atoms with van der Waals surface area (Å²) in [6.07, 6.45) is 2.61. The van der Waals surface area contributed by atoms with Crippen LogP contribution in [-0.2, 0) is 15.0 Å². The molecule has 0 spiro atoms. The number of amides is 1. The molecule has 0 aromatic carbocycles. The third-order valence-corrected chi connectivity index (χ3v) is 5.17. The van der Waals surface area contributed by atoms with Gasteiger partial charge in [-0.25, -0.2) is 0 Å².